The van der Waals surface area contributed by atoms with Gasteiger partial charge in [-0.3, -0.25) is 0 Å². The maximum atomic E-state index is 14.2. The molecule has 1 aromatic carbocycles. The van der Waals surface area contributed by atoms with Crippen LogP contribution in [-0.2, 0) is 21.4 Å². The Balaban J connectivity index is 1.90. The third-order valence-corrected chi connectivity index (χ3v) is 5.90. The number of aliphatic hydroxyl groups is 1. The van der Waals surface area contributed by atoms with Gasteiger partial charge in [-0.1, -0.05) is 15.9 Å². The highest BCUT2D eigenvalue weighted by Gasteiger charge is 2.43. The van der Waals surface area contributed by atoms with Crippen molar-refractivity contribution in [2.75, 3.05) is 0 Å². The zero-order chi connectivity index (χ0) is 15.2. The molecule has 2 bridgehead atoms. The molecule has 2 fully saturated rings. The maximum Gasteiger partial charge on any atom is 0.243 e. The van der Waals surface area contributed by atoms with Gasteiger partial charge in [-0.2, -0.15) is 0 Å². The second kappa shape index (κ2) is 5.58. The van der Waals surface area contributed by atoms with Gasteiger partial charge < -0.3 is 9.84 Å². The third kappa shape index (κ3) is 2.87. The highest BCUT2D eigenvalue weighted by atomic mass is 79.9. The summed E-state index contributed by atoms with van der Waals surface area (Å²) >= 11 is 3.13. The lowest BCUT2D eigenvalue weighted by Crippen LogP contribution is -2.41. The summed E-state index contributed by atoms with van der Waals surface area (Å²) < 4.78 is 47.5. The molecule has 3 unspecified atom stereocenters. The molecule has 0 saturated carbocycles. The molecule has 2 saturated heterocycles. The van der Waals surface area contributed by atoms with Crippen LogP contribution in [0.3, 0.4) is 0 Å². The number of fused-ring (bicyclic) bond motifs is 2. The minimum absolute atomic E-state index is 0.0612. The Bertz CT molecular complexity index is 666. The van der Waals surface area contributed by atoms with E-state index in [1.807, 2.05) is 0 Å². The number of nitrogens with one attached hydrogen (secondary N) is 1. The average molecular weight is 380 g/mol. The maximum absolute atomic E-state index is 14.2. The Morgan fingerprint density at radius 3 is 2.76 bits per heavy atom. The minimum atomic E-state index is -4.00. The van der Waals surface area contributed by atoms with E-state index in [0.29, 0.717) is 10.9 Å². The molecule has 2 aliphatic rings. The van der Waals surface area contributed by atoms with Gasteiger partial charge in [0, 0.05) is 10.0 Å². The van der Waals surface area contributed by atoms with Crippen molar-refractivity contribution in [2.24, 2.45) is 0 Å². The van der Waals surface area contributed by atoms with Crippen molar-refractivity contribution in [2.45, 2.75) is 49.0 Å². The smallest absolute Gasteiger partial charge is 0.243 e. The first-order valence-corrected chi connectivity index (χ1v) is 8.95. The molecule has 5 nitrogen and oxygen atoms in total. The Labute approximate surface area is 130 Å². The van der Waals surface area contributed by atoms with Gasteiger partial charge in [-0.15, -0.1) is 0 Å². The normalized spacial score (nSPS) is 28.2. The van der Waals surface area contributed by atoms with Crippen LogP contribution in [0, 0.1) is 5.82 Å². The highest BCUT2D eigenvalue weighted by molar-refractivity contribution is 9.10. The molecule has 8 heteroatoms. The predicted octanol–water partition coefficient (Wildman–Crippen LogP) is 1.68. The number of sulfonamides is 1. The molecular formula is C13H15BrFNO4S. The van der Waals surface area contributed by atoms with Gasteiger partial charge in [-0.25, -0.2) is 17.5 Å². The Kier molecular flexibility index (Phi) is 4.08. The molecule has 3 atom stereocenters. The molecule has 2 N–H and O–H groups in total. The lowest BCUT2D eigenvalue weighted by molar-refractivity contribution is 0.0996. The molecule has 0 amide bonds. The lowest BCUT2D eigenvalue weighted by atomic mass is 9.96. The van der Waals surface area contributed by atoms with Gasteiger partial charge in [-0.05, 0) is 31.4 Å². The van der Waals surface area contributed by atoms with Crippen molar-refractivity contribution >= 4 is 26.0 Å². The molecule has 1 aromatic rings. The monoisotopic (exact) mass is 379 g/mol. The summed E-state index contributed by atoms with van der Waals surface area (Å²) in [5, 5.41) is 9.11. The second-order valence-electron chi connectivity index (χ2n) is 5.37. The van der Waals surface area contributed by atoms with Crippen LogP contribution in [0.5, 0.6) is 0 Å². The van der Waals surface area contributed by atoms with E-state index in [2.05, 4.69) is 20.7 Å². The fraction of sp³-hybridized carbons (Fsp3) is 0.538. The lowest BCUT2D eigenvalue weighted by Gasteiger charge is -2.20. The third-order valence-electron chi connectivity index (χ3n) is 3.95. The molecule has 2 aliphatic heterocycles. The van der Waals surface area contributed by atoms with Crippen molar-refractivity contribution < 1.29 is 22.7 Å². The number of ether oxygens (including phenoxy) is 1. The number of hydrogen-bond acceptors (Lipinski definition) is 4. The fourth-order valence-corrected chi connectivity index (χ4v) is 5.03. The van der Waals surface area contributed by atoms with Crippen LogP contribution in [0.25, 0.3) is 0 Å². The number of hydrogen-bond donors (Lipinski definition) is 2. The second-order valence-corrected chi connectivity index (χ2v) is 7.97. The van der Waals surface area contributed by atoms with Gasteiger partial charge in [0.25, 0.3) is 0 Å². The van der Waals surface area contributed by atoms with E-state index in [0.717, 1.165) is 12.8 Å². The van der Waals surface area contributed by atoms with Gasteiger partial charge >= 0.3 is 0 Å². The van der Waals surface area contributed by atoms with Crippen LogP contribution in [0.15, 0.2) is 21.5 Å². The van der Waals surface area contributed by atoms with Crippen LogP contribution in [-0.4, -0.2) is 31.8 Å². The number of rotatable bonds is 4. The van der Waals surface area contributed by atoms with Crippen LogP contribution in [0.2, 0.25) is 0 Å². The first-order chi connectivity index (χ1) is 9.90. The molecular weight excluding hydrogens is 365 g/mol. The zero-order valence-electron chi connectivity index (χ0n) is 11.1. The van der Waals surface area contributed by atoms with Crippen molar-refractivity contribution in [3.63, 3.8) is 0 Å². The molecule has 0 radical (unpaired) electrons. The van der Waals surface area contributed by atoms with E-state index >= 15 is 0 Å². The SMILES string of the molecule is O=S(=O)(NC1CC2CCC1O2)c1cc(Br)cc(CO)c1F. The van der Waals surface area contributed by atoms with Crippen LogP contribution >= 0.6 is 15.9 Å². The standard InChI is InChI=1S/C13H15BrFNO4S/c14-8-3-7(6-17)13(15)12(4-8)21(18,19)16-10-5-9-1-2-11(10)20-9/h3-4,9-11,16-17H,1-2,5-6H2. The molecule has 21 heavy (non-hydrogen) atoms. The van der Waals surface area contributed by atoms with E-state index in [-0.39, 0.29) is 23.8 Å². The highest BCUT2D eigenvalue weighted by Crippen LogP contribution is 2.35. The van der Waals surface area contributed by atoms with E-state index in [4.69, 9.17) is 9.84 Å². The van der Waals surface area contributed by atoms with Gasteiger partial charge in [0.2, 0.25) is 10.0 Å². The molecule has 2 heterocycles. The summed E-state index contributed by atoms with van der Waals surface area (Å²) in [6.45, 7) is -0.564. The number of benzene rings is 1. The first kappa shape index (κ1) is 15.4. The van der Waals surface area contributed by atoms with Crippen molar-refractivity contribution in [3.8, 4) is 0 Å². The average Bonchev–Trinajstić information content (AvgIpc) is 3.02. The van der Waals surface area contributed by atoms with E-state index in [1.54, 1.807) is 0 Å². The summed E-state index contributed by atoms with van der Waals surface area (Å²) in [6, 6.07) is 2.24. The summed E-state index contributed by atoms with van der Waals surface area (Å²) in [7, 11) is -4.00. The van der Waals surface area contributed by atoms with Crippen LogP contribution in [0.4, 0.5) is 4.39 Å². The molecule has 116 valence electrons. The minimum Gasteiger partial charge on any atom is -0.392 e. The molecule has 0 aliphatic carbocycles. The quantitative estimate of drug-likeness (QED) is 0.834. The van der Waals surface area contributed by atoms with E-state index in [9.17, 15) is 12.8 Å². The Hall–Kier alpha value is -0.540. The molecule has 0 aromatic heterocycles. The van der Waals surface area contributed by atoms with Crippen molar-refractivity contribution in [1.29, 1.82) is 0 Å². The fourth-order valence-electron chi connectivity index (χ4n) is 2.95. The topological polar surface area (TPSA) is 75.6 Å². The van der Waals surface area contributed by atoms with Crippen LogP contribution in [0.1, 0.15) is 24.8 Å². The van der Waals surface area contributed by atoms with Gasteiger partial charge in [0.1, 0.15) is 10.7 Å². The summed E-state index contributed by atoms with van der Waals surface area (Å²) in [4.78, 5) is -0.455. The Morgan fingerprint density at radius 1 is 1.43 bits per heavy atom. The predicted molar refractivity (Wildman–Crippen MR) is 76.6 cm³/mol. The Morgan fingerprint density at radius 2 is 2.19 bits per heavy atom. The first-order valence-electron chi connectivity index (χ1n) is 6.67. The van der Waals surface area contributed by atoms with Crippen molar-refractivity contribution in [3.05, 3.63) is 28.0 Å². The van der Waals surface area contributed by atoms with E-state index in [1.165, 1.54) is 12.1 Å². The van der Waals surface area contributed by atoms with Crippen LogP contribution < -0.4 is 4.72 Å². The van der Waals surface area contributed by atoms with Crippen molar-refractivity contribution in [1.82, 2.24) is 4.72 Å². The number of aliphatic hydroxyl groups excluding tert-OH is 1. The summed E-state index contributed by atoms with van der Waals surface area (Å²) in [5.41, 5.74) is -0.0612. The largest absolute Gasteiger partial charge is 0.392 e. The summed E-state index contributed by atoms with van der Waals surface area (Å²) in [5.74, 6) is -0.919. The molecule has 3 rings (SSSR count). The van der Waals surface area contributed by atoms with E-state index < -0.39 is 27.3 Å². The number of halogens is 2. The summed E-state index contributed by atoms with van der Waals surface area (Å²) in [6.07, 6.45) is 2.36. The van der Waals surface area contributed by atoms with Gasteiger partial charge in [0.05, 0.1) is 24.9 Å². The molecule has 0 spiro atoms. The van der Waals surface area contributed by atoms with Gasteiger partial charge in [0.15, 0.2) is 0 Å². The zero-order valence-corrected chi connectivity index (χ0v) is 13.5.